The minimum atomic E-state index is -0.439. The van der Waals surface area contributed by atoms with E-state index in [0.29, 0.717) is 23.8 Å². The van der Waals surface area contributed by atoms with E-state index in [1.165, 1.54) is 17.8 Å². The van der Waals surface area contributed by atoms with Crippen LogP contribution in [0.25, 0.3) is 0 Å². The lowest BCUT2D eigenvalue weighted by Gasteiger charge is -2.13. The van der Waals surface area contributed by atoms with Gasteiger partial charge in [-0.2, -0.15) is 0 Å². The van der Waals surface area contributed by atoms with Crippen LogP contribution in [-0.2, 0) is 4.79 Å². The first-order chi connectivity index (χ1) is 12.0. The second kappa shape index (κ2) is 9.29. The van der Waals surface area contributed by atoms with Crippen LogP contribution in [0, 0.1) is 10.1 Å². The minimum Gasteiger partial charge on any atom is -0.378 e. The van der Waals surface area contributed by atoms with E-state index in [2.05, 4.69) is 10.6 Å². The summed E-state index contributed by atoms with van der Waals surface area (Å²) in [5, 5.41) is 17.1. The molecule has 2 aromatic rings. The fourth-order valence-corrected chi connectivity index (χ4v) is 3.10. The van der Waals surface area contributed by atoms with Crippen LogP contribution in [-0.4, -0.2) is 29.2 Å². The van der Waals surface area contributed by atoms with Crippen molar-refractivity contribution < 1.29 is 9.72 Å². The van der Waals surface area contributed by atoms with E-state index in [1.54, 1.807) is 30.3 Å². The van der Waals surface area contributed by atoms with Crippen LogP contribution >= 0.6 is 23.4 Å². The zero-order chi connectivity index (χ0) is 18.2. The Labute approximate surface area is 155 Å². The highest BCUT2D eigenvalue weighted by molar-refractivity contribution is 8.00. The quantitative estimate of drug-likeness (QED) is 0.314. The van der Waals surface area contributed by atoms with Crippen molar-refractivity contribution in [2.75, 3.05) is 18.4 Å². The Hall–Kier alpha value is -2.25. The summed E-state index contributed by atoms with van der Waals surface area (Å²) in [7, 11) is 0. The van der Waals surface area contributed by atoms with Gasteiger partial charge in [0.25, 0.3) is 5.69 Å². The van der Waals surface area contributed by atoms with Crippen LogP contribution in [0.1, 0.15) is 6.92 Å². The number of nitro groups is 1. The molecule has 0 aliphatic rings. The monoisotopic (exact) mass is 379 g/mol. The number of benzene rings is 2. The molecule has 0 radical (unpaired) electrons. The van der Waals surface area contributed by atoms with Gasteiger partial charge in [0.15, 0.2) is 0 Å². The van der Waals surface area contributed by atoms with Gasteiger partial charge in [-0.25, -0.2) is 0 Å². The second-order valence-corrected chi connectivity index (χ2v) is 7.06. The van der Waals surface area contributed by atoms with Crippen molar-refractivity contribution in [3.05, 3.63) is 63.7 Å². The number of amides is 1. The minimum absolute atomic E-state index is 0.0143. The molecular weight excluding hydrogens is 362 g/mol. The van der Waals surface area contributed by atoms with Crippen molar-refractivity contribution in [3.8, 4) is 0 Å². The van der Waals surface area contributed by atoms with Gasteiger partial charge in [-0.15, -0.1) is 11.8 Å². The number of hydrogen-bond donors (Lipinski definition) is 2. The van der Waals surface area contributed by atoms with Crippen LogP contribution in [0.3, 0.4) is 0 Å². The smallest absolute Gasteiger partial charge is 0.292 e. The first-order valence-electron chi connectivity index (χ1n) is 7.64. The van der Waals surface area contributed by atoms with Crippen LogP contribution < -0.4 is 10.6 Å². The molecular formula is C17H18ClN3O3S. The van der Waals surface area contributed by atoms with E-state index in [-0.39, 0.29) is 16.8 Å². The SMILES string of the molecule is CC(Sc1ccc(Cl)cc1)C(=O)NCCNc1ccccc1[N+](=O)[O-]. The number of para-hydroxylation sites is 2. The van der Waals surface area contributed by atoms with Gasteiger partial charge >= 0.3 is 0 Å². The predicted molar refractivity (Wildman–Crippen MR) is 101 cm³/mol. The van der Waals surface area contributed by atoms with Gasteiger partial charge in [0, 0.05) is 29.1 Å². The Morgan fingerprint density at radius 1 is 1.20 bits per heavy atom. The molecule has 1 amide bonds. The number of nitrogens with zero attached hydrogens (tertiary/aromatic N) is 1. The summed E-state index contributed by atoms with van der Waals surface area (Å²) < 4.78 is 0. The van der Waals surface area contributed by atoms with Crippen molar-refractivity contribution in [2.24, 2.45) is 0 Å². The molecule has 2 rings (SSSR count). The number of carbonyl (C=O) groups is 1. The van der Waals surface area contributed by atoms with Crippen molar-refractivity contribution >= 4 is 40.6 Å². The van der Waals surface area contributed by atoms with Gasteiger partial charge < -0.3 is 10.6 Å². The molecule has 0 heterocycles. The second-order valence-electron chi connectivity index (χ2n) is 5.21. The third-order valence-corrected chi connectivity index (χ3v) is 4.70. The average molecular weight is 380 g/mol. The molecule has 25 heavy (non-hydrogen) atoms. The van der Waals surface area contributed by atoms with Crippen LogP contribution in [0.15, 0.2) is 53.4 Å². The number of halogens is 1. The molecule has 132 valence electrons. The predicted octanol–water partition coefficient (Wildman–Crippen LogP) is 3.96. The molecule has 2 aromatic carbocycles. The maximum Gasteiger partial charge on any atom is 0.292 e. The van der Waals surface area contributed by atoms with Crippen molar-refractivity contribution in [2.45, 2.75) is 17.1 Å². The van der Waals surface area contributed by atoms with E-state index < -0.39 is 4.92 Å². The van der Waals surface area contributed by atoms with E-state index >= 15 is 0 Å². The molecule has 6 nitrogen and oxygen atoms in total. The lowest BCUT2D eigenvalue weighted by atomic mass is 10.2. The number of hydrogen-bond acceptors (Lipinski definition) is 5. The molecule has 0 saturated heterocycles. The highest BCUT2D eigenvalue weighted by atomic mass is 35.5. The fourth-order valence-electron chi connectivity index (χ4n) is 2.08. The zero-order valence-corrected chi connectivity index (χ0v) is 15.1. The van der Waals surface area contributed by atoms with Gasteiger partial charge in [0.05, 0.1) is 10.2 Å². The first kappa shape index (κ1) is 19.1. The van der Waals surface area contributed by atoms with E-state index in [0.717, 1.165) is 4.90 Å². The Bertz CT molecular complexity index is 740. The highest BCUT2D eigenvalue weighted by Crippen LogP contribution is 2.25. The molecule has 8 heteroatoms. The standard InChI is InChI=1S/C17H18ClN3O3S/c1-12(25-14-8-6-13(18)7-9-14)17(22)20-11-10-19-15-4-2-3-5-16(15)21(23)24/h2-9,12,19H,10-11H2,1H3,(H,20,22). The van der Waals surface area contributed by atoms with E-state index in [4.69, 9.17) is 11.6 Å². The number of carbonyl (C=O) groups excluding carboxylic acids is 1. The number of rotatable bonds is 8. The summed E-state index contributed by atoms with van der Waals surface area (Å²) in [6.45, 7) is 2.59. The lowest BCUT2D eigenvalue weighted by molar-refractivity contribution is -0.384. The number of nitrogens with one attached hydrogen (secondary N) is 2. The number of nitro benzene ring substituents is 1. The summed E-state index contributed by atoms with van der Waals surface area (Å²) in [5.41, 5.74) is 0.450. The van der Waals surface area contributed by atoms with Gasteiger partial charge in [0.1, 0.15) is 5.69 Å². The summed E-state index contributed by atoms with van der Waals surface area (Å²) in [5.74, 6) is -0.0932. The van der Waals surface area contributed by atoms with E-state index in [1.807, 2.05) is 19.1 Å². The average Bonchev–Trinajstić information content (AvgIpc) is 2.60. The Morgan fingerprint density at radius 3 is 2.56 bits per heavy atom. The maximum absolute atomic E-state index is 12.1. The van der Waals surface area contributed by atoms with Crippen LogP contribution in [0.4, 0.5) is 11.4 Å². The molecule has 1 unspecified atom stereocenters. The van der Waals surface area contributed by atoms with Crippen molar-refractivity contribution in [3.63, 3.8) is 0 Å². The summed E-state index contributed by atoms with van der Waals surface area (Å²) in [6.07, 6.45) is 0. The number of thioether (sulfide) groups is 1. The third-order valence-electron chi connectivity index (χ3n) is 3.34. The fraction of sp³-hybridized carbons (Fsp3) is 0.235. The molecule has 0 saturated carbocycles. The zero-order valence-electron chi connectivity index (χ0n) is 13.6. The van der Waals surface area contributed by atoms with Gasteiger partial charge in [-0.05, 0) is 37.3 Å². The van der Waals surface area contributed by atoms with Crippen LogP contribution in [0.2, 0.25) is 5.02 Å². The van der Waals surface area contributed by atoms with Crippen molar-refractivity contribution in [1.82, 2.24) is 5.32 Å². The van der Waals surface area contributed by atoms with Crippen molar-refractivity contribution in [1.29, 1.82) is 0 Å². The molecule has 0 aliphatic heterocycles. The van der Waals surface area contributed by atoms with Gasteiger partial charge in [-0.1, -0.05) is 23.7 Å². The Morgan fingerprint density at radius 2 is 1.88 bits per heavy atom. The number of anilines is 1. The summed E-state index contributed by atoms with van der Waals surface area (Å²) >= 11 is 7.28. The van der Waals surface area contributed by atoms with E-state index in [9.17, 15) is 14.9 Å². The largest absolute Gasteiger partial charge is 0.378 e. The Balaban J connectivity index is 1.76. The topological polar surface area (TPSA) is 84.3 Å². The molecule has 0 bridgehead atoms. The normalized spacial score (nSPS) is 11.6. The molecule has 1 atom stereocenters. The molecule has 0 aromatic heterocycles. The molecule has 0 spiro atoms. The third kappa shape index (κ3) is 5.95. The van der Waals surface area contributed by atoms with Gasteiger partial charge in [-0.3, -0.25) is 14.9 Å². The first-order valence-corrected chi connectivity index (χ1v) is 8.90. The Kier molecular flexibility index (Phi) is 7.09. The molecule has 2 N–H and O–H groups in total. The summed E-state index contributed by atoms with van der Waals surface area (Å²) in [6, 6.07) is 13.7. The van der Waals surface area contributed by atoms with Crippen LogP contribution in [0.5, 0.6) is 0 Å². The summed E-state index contributed by atoms with van der Waals surface area (Å²) in [4.78, 5) is 23.6. The molecule has 0 fully saturated rings. The maximum atomic E-state index is 12.1. The molecule has 0 aliphatic carbocycles. The highest BCUT2D eigenvalue weighted by Gasteiger charge is 2.14. The lowest BCUT2D eigenvalue weighted by Crippen LogP contribution is -2.34. The van der Waals surface area contributed by atoms with Gasteiger partial charge in [0.2, 0.25) is 5.91 Å².